The van der Waals surface area contributed by atoms with E-state index >= 15 is 0 Å². The molecule has 0 spiro atoms. The number of carbonyl (C=O) groups excluding carboxylic acids is 2. The Labute approximate surface area is 170 Å². The summed E-state index contributed by atoms with van der Waals surface area (Å²) < 4.78 is 0. The molecular formula is C21H28N4O2S. The van der Waals surface area contributed by atoms with E-state index in [2.05, 4.69) is 26.6 Å². The number of nitrogens with one attached hydrogen (secondary N) is 2. The summed E-state index contributed by atoms with van der Waals surface area (Å²) in [5.74, 6) is -0.421. The predicted octanol–water partition coefficient (Wildman–Crippen LogP) is 3.90. The smallest absolute Gasteiger partial charge is 0.263 e. The van der Waals surface area contributed by atoms with Gasteiger partial charge in [0.2, 0.25) is 5.91 Å². The summed E-state index contributed by atoms with van der Waals surface area (Å²) in [7, 11) is 0. The number of aromatic nitrogens is 1. The van der Waals surface area contributed by atoms with E-state index in [4.69, 9.17) is 0 Å². The summed E-state index contributed by atoms with van der Waals surface area (Å²) in [5.41, 5.74) is 2.59. The molecule has 2 N–H and O–H groups in total. The Morgan fingerprint density at radius 2 is 2.00 bits per heavy atom. The van der Waals surface area contributed by atoms with Gasteiger partial charge in [0.05, 0.1) is 10.7 Å². The Kier molecular flexibility index (Phi) is 6.67. The number of rotatable bonds is 7. The van der Waals surface area contributed by atoms with Crippen LogP contribution in [0.15, 0.2) is 24.3 Å². The number of benzene rings is 1. The van der Waals surface area contributed by atoms with Crippen molar-refractivity contribution in [3.05, 3.63) is 39.8 Å². The molecule has 150 valence electrons. The molecule has 0 aliphatic carbocycles. The van der Waals surface area contributed by atoms with E-state index < -0.39 is 6.04 Å². The Morgan fingerprint density at radius 3 is 2.64 bits per heavy atom. The van der Waals surface area contributed by atoms with Gasteiger partial charge in [-0.2, -0.15) is 0 Å². The largest absolute Gasteiger partial charge is 0.371 e. The minimum Gasteiger partial charge on any atom is -0.371 e. The van der Waals surface area contributed by atoms with Crippen LogP contribution < -0.4 is 15.5 Å². The molecule has 1 atom stereocenters. The zero-order chi connectivity index (χ0) is 20.1. The van der Waals surface area contributed by atoms with Crippen molar-refractivity contribution in [2.75, 3.05) is 23.3 Å². The molecule has 0 radical (unpaired) electrons. The Bertz CT molecular complexity index is 843. The van der Waals surface area contributed by atoms with Crippen LogP contribution in [0.5, 0.6) is 0 Å². The third kappa shape index (κ3) is 4.90. The summed E-state index contributed by atoms with van der Waals surface area (Å²) >= 11 is 1.35. The van der Waals surface area contributed by atoms with Crippen molar-refractivity contribution in [3.63, 3.8) is 0 Å². The maximum absolute atomic E-state index is 12.8. The monoisotopic (exact) mass is 400 g/mol. The molecule has 1 unspecified atom stereocenters. The predicted molar refractivity (Wildman–Crippen MR) is 114 cm³/mol. The molecule has 1 aromatic heterocycles. The van der Waals surface area contributed by atoms with Crippen molar-refractivity contribution in [2.45, 2.75) is 52.5 Å². The summed E-state index contributed by atoms with van der Waals surface area (Å²) in [6.07, 6.45) is 3.79. The zero-order valence-electron chi connectivity index (χ0n) is 16.7. The first kappa shape index (κ1) is 20.3. The van der Waals surface area contributed by atoms with E-state index in [1.807, 2.05) is 39.0 Å². The highest BCUT2D eigenvalue weighted by molar-refractivity contribution is 7.13. The van der Waals surface area contributed by atoms with E-state index in [0.717, 1.165) is 35.9 Å². The van der Waals surface area contributed by atoms with Gasteiger partial charge in [0.1, 0.15) is 10.9 Å². The van der Waals surface area contributed by atoms with Crippen molar-refractivity contribution in [2.24, 2.45) is 0 Å². The quantitative estimate of drug-likeness (QED) is 0.739. The lowest BCUT2D eigenvalue weighted by atomic mass is 10.1. The van der Waals surface area contributed by atoms with Gasteiger partial charge in [-0.15, -0.1) is 11.3 Å². The van der Waals surface area contributed by atoms with Crippen LogP contribution in [0.3, 0.4) is 0 Å². The number of aryl methyl sites for hydroxylation is 2. The van der Waals surface area contributed by atoms with Gasteiger partial charge in [0, 0.05) is 24.5 Å². The van der Waals surface area contributed by atoms with Crippen LogP contribution in [0, 0.1) is 13.8 Å². The van der Waals surface area contributed by atoms with Crippen molar-refractivity contribution in [1.82, 2.24) is 10.3 Å². The molecule has 7 heteroatoms. The standard InChI is InChI=1S/C21H28N4O2S/c1-4-8-18(24-21(27)19-14(2)22-15(3)28-19)20(26)23-16-9-7-10-17(13-16)25-11-5-6-12-25/h7,9-10,13,18H,4-6,8,11-12H2,1-3H3,(H,23,26)(H,24,27). The number of hydrogen-bond donors (Lipinski definition) is 2. The van der Waals surface area contributed by atoms with Crippen molar-refractivity contribution in [3.8, 4) is 0 Å². The van der Waals surface area contributed by atoms with Crippen LogP contribution >= 0.6 is 11.3 Å². The number of anilines is 2. The lowest BCUT2D eigenvalue weighted by molar-refractivity contribution is -0.118. The molecule has 1 fully saturated rings. The molecule has 2 aromatic rings. The highest BCUT2D eigenvalue weighted by Gasteiger charge is 2.23. The van der Waals surface area contributed by atoms with Crippen LogP contribution in [-0.4, -0.2) is 35.9 Å². The summed E-state index contributed by atoms with van der Waals surface area (Å²) in [6, 6.07) is 7.35. The minimum atomic E-state index is -0.574. The third-order valence-corrected chi connectivity index (χ3v) is 5.97. The van der Waals surface area contributed by atoms with Gasteiger partial charge in [-0.3, -0.25) is 9.59 Å². The van der Waals surface area contributed by atoms with Gasteiger partial charge in [-0.25, -0.2) is 4.98 Å². The molecular weight excluding hydrogens is 372 g/mol. The topological polar surface area (TPSA) is 74.3 Å². The van der Waals surface area contributed by atoms with Crippen LogP contribution in [0.25, 0.3) is 0 Å². The lowest BCUT2D eigenvalue weighted by Gasteiger charge is -2.20. The number of nitrogens with zero attached hydrogens (tertiary/aromatic N) is 2. The highest BCUT2D eigenvalue weighted by Crippen LogP contribution is 2.23. The second-order valence-corrected chi connectivity index (χ2v) is 8.40. The maximum Gasteiger partial charge on any atom is 0.263 e. The Morgan fingerprint density at radius 1 is 1.25 bits per heavy atom. The molecule has 2 heterocycles. The van der Waals surface area contributed by atoms with Gasteiger partial charge in [-0.05, 0) is 51.3 Å². The molecule has 2 amide bonds. The van der Waals surface area contributed by atoms with Crippen molar-refractivity contribution in [1.29, 1.82) is 0 Å². The second kappa shape index (κ2) is 9.19. The molecule has 1 aliphatic rings. The summed E-state index contributed by atoms with van der Waals surface area (Å²) in [6.45, 7) is 7.80. The number of hydrogen-bond acceptors (Lipinski definition) is 5. The highest BCUT2D eigenvalue weighted by atomic mass is 32.1. The first-order valence-corrected chi connectivity index (χ1v) is 10.7. The van der Waals surface area contributed by atoms with Gasteiger partial charge in [0.15, 0.2) is 0 Å². The lowest BCUT2D eigenvalue weighted by Crippen LogP contribution is -2.43. The van der Waals surface area contributed by atoms with E-state index in [0.29, 0.717) is 17.0 Å². The molecule has 1 aromatic carbocycles. The second-order valence-electron chi connectivity index (χ2n) is 7.20. The summed E-state index contributed by atoms with van der Waals surface area (Å²) in [5, 5.41) is 6.71. The molecule has 0 saturated carbocycles. The molecule has 0 bridgehead atoms. The Balaban J connectivity index is 1.68. The van der Waals surface area contributed by atoms with Crippen LogP contribution in [0.2, 0.25) is 0 Å². The van der Waals surface area contributed by atoms with Crippen LogP contribution in [-0.2, 0) is 4.79 Å². The molecule has 1 aliphatic heterocycles. The normalized spacial score (nSPS) is 14.8. The van der Waals surface area contributed by atoms with Crippen molar-refractivity contribution >= 4 is 34.5 Å². The molecule has 28 heavy (non-hydrogen) atoms. The van der Waals surface area contributed by atoms with Crippen LogP contribution in [0.4, 0.5) is 11.4 Å². The zero-order valence-corrected chi connectivity index (χ0v) is 17.6. The minimum absolute atomic E-state index is 0.187. The van der Waals surface area contributed by atoms with E-state index in [1.165, 1.54) is 24.2 Å². The number of amides is 2. The van der Waals surface area contributed by atoms with Gasteiger partial charge >= 0.3 is 0 Å². The van der Waals surface area contributed by atoms with Gasteiger partial charge in [0.25, 0.3) is 5.91 Å². The first-order valence-electron chi connectivity index (χ1n) is 9.88. The number of thiazole rings is 1. The fourth-order valence-electron chi connectivity index (χ4n) is 3.51. The Hall–Kier alpha value is -2.41. The molecule has 1 saturated heterocycles. The van der Waals surface area contributed by atoms with Crippen molar-refractivity contribution < 1.29 is 9.59 Å². The SMILES string of the molecule is CCCC(NC(=O)c1sc(C)nc1C)C(=O)Nc1cccc(N2CCCC2)c1. The van der Waals surface area contributed by atoms with E-state index in [9.17, 15) is 9.59 Å². The molecule has 6 nitrogen and oxygen atoms in total. The van der Waals surface area contributed by atoms with E-state index in [1.54, 1.807) is 0 Å². The van der Waals surface area contributed by atoms with E-state index in [-0.39, 0.29) is 11.8 Å². The molecule has 3 rings (SSSR count). The fraction of sp³-hybridized carbons (Fsp3) is 0.476. The van der Waals surface area contributed by atoms with Gasteiger partial charge in [-0.1, -0.05) is 19.4 Å². The van der Waals surface area contributed by atoms with Gasteiger partial charge < -0.3 is 15.5 Å². The third-order valence-electron chi connectivity index (χ3n) is 4.89. The first-order chi connectivity index (χ1) is 13.5. The average Bonchev–Trinajstić information content (AvgIpc) is 3.31. The maximum atomic E-state index is 12.8. The average molecular weight is 401 g/mol. The number of carbonyl (C=O) groups is 2. The summed E-state index contributed by atoms with van der Waals surface area (Å²) in [4.78, 5) is 32.7. The fourth-order valence-corrected chi connectivity index (χ4v) is 4.33. The van der Waals surface area contributed by atoms with Crippen LogP contribution in [0.1, 0.15) is 53.0 Å².